The molecule has 5 nitrogen and oxygen atoms in total. The summed E-state index contributed by atoms with van der Waals surface area (Å²) < 4.78 is 68.2. The van der Waals surface area contributed by atoms with Gasteiger partial charge in [0.25, 0.3) is 0 Å². The van der Waals surface area contributed by atoms with E-state index in [-0.39, 0.29) is 23.7 Å². The Bertz CT molecular complexity index is 773. The van der Waals surface area contributed by atoms with Crippen molar-refractivity contribution >= 4 is 11.6 Å². The summed E-state index contributed by atoms with van der Waals surface area (Å²) in [6.07, 6.45) is -4.58. The molecular weight excluding hydrogens is 361 g/mol. The highest BCUT2D eigenvalue weighted by molar-refractivity contribution is 5.93. The monoisotopic (exact) mass is 377 g/mol. The van der Waals surface area contributed by atoms with Crippen molar-refractivity contribution in [3.8, 4) is 5.75 Å². The SMILES string of the molecule is Cc1cc(C(F)(F)F)nn1CC(C)C(=O)Nc1ccccc1OC(F)F. The molecule has 1 unspecified atom stereocenters. The third kappa shape index (κ3) is 4.93. The largest absolute Gasteiger partial charge is 0.435 e. The molecule has 0 radical (unpaired) electrons. The van der Waals surface area contributed by atoms with Crippen LogP contribution in [0.3, 0.4) is 0 Å². The number of anilines is 1. The molecule has 1 amide bonds. The zero-order chi connectivity index (χ0) is 19.5. The number of aryl methyl sites for hydroxylation is 1. The first-order chi connectivity index (χ1) is 12.1. The number of amides is 1. The third-order valence-electron chi connectivity index (χ3n) is 3.53. The highest BCUT2D eigenvalue weighted by atomic mass is 19.4. The van der Waals surface area contributed by atoms with Crippen LogP contribution in [0.15, 0.2) is 30.3 Å². The number of halogens is 5. The van der Waals surface area contributed by atoms with Crippen molar-refractivity contribution < 1.29 is 31.5 Å². The van der Waals surface area contributed by atoms with E-state index in [1.54, 1.807) is 0 Å². The van der Waals surface area contributed by atoms with Crippen LogP contribution in [0.25, 0.3) is 0 Å². The standard InChI is InChI=1S/C16H16F5N3O2/c1-9(8-24-10(2)7-13(23-24)16(19,20)21)14(25)22-11-5-3-4-6-12(11)26-15(17)18/h3-7,9,15H,8H2,1-2H3,(H,22,25). The summed E-state index contributed by atoms with van der Waals surface area (Å²) in [5.74, 6) is -1.55. The van der Waals surface area contributed by atoms with Crippen molar-refractivity contribution in [2.24, 2.45) is 5.92 Å². The van der Waals surface area contributed by atoms with E-state index in [9.17, 15) is 26.7 Å². The lowest BCUT2D eigenvalue weighted by Gasteiger charge is -2.16. The normalized spacial score (nSPS) is 12.9. The molecular formula is C16H16F5N3O2. The van der Waals surface area contributed by atoms with Gasteiger partial charge in [0.15, 0.2) is 5.69 Å². The van der Waals surface area contributed by atoms with E-state index in [2.05, 4.69) is 15.2 Å². The number of aromatic nitrogens is 2. The summed E-state index contributed by atoms with van der Waals surface area (Å²) in [6.45, 7) is -0.233. The molecule has 142 valence electrons. The Kier molecular flexibility index (Phi) is 5.83. The predicted molar refractivity (Wildman–Crippen MR) is 82.8 cm³/mol. The van der Waals surface area contributed by atoms with Gasteiger partial charge in [0.1, 0.15) is 5.75 Å². The van der Waals surface area contributed by atoms with E-state index in [1.807, 2.05) is 0 Å². The van der Waals surface area contributed by atoms with Gasteiger partial charge < -0.3 is 10.1 Å². The summed E-state index contributed by atoms with van der Waals surface area (Å²) in [6, 6.07) is 6.51. The first-order valence-electron chi connectivity index (χ1n) is 7.54. The number of alkyl halides is 5. The van der Waals surface area contributed by atoms with Crippen LogP contribution in [0.1, 0.15) is 18.3 Å². The lowest BCUT2D eigenvalue weighted by molar-refractivity contribution is -0.141. The summed E-state index contributed by atoms with van der Waals surface area (Å²) >= 11 is 0. The van der Waals surface area contributed by atoms with Gasteiger partial charge in [-0.3, -0.25) is 9.48 Å². The average Bonchev–Trinajstić information content (AvgIpc) is 2.90. The molecule has 1 aromatic heterocycles. The fourth-order valence-electron chi connectivity index (χ4n) is 2.20. The summed E-state index contributed by atoms with van der Waals surface area (Å²) in [4.78, 5) is 12.3. The molecule has 1 heterocycles. The van der Waals surface area contributed by atoms with Crippen molar-refractivity contribution in [3.05, 3.63) is 41.7 Å². The number of rotatable bonds is 6. The Balaban J connectivity index is 2.08. The van der Waals surface area contributed by atoms with E-state index in [0.717, 1.165) is 10.7 Å². The maximum absolute atomic E-state index is 12.7. The third-order valence-corrected chi connectivity index (χ3v) is 3.53. The molecule has 1 aromatic carbocycles. The molecule has 1 N–H and O–H groups in total. The molecule has 2 aromatic rings. The van der Waals surface area contributed by atoms with Crippen LogP contribution < -0.4 is 10.1 Å². The van der Waals surface area contributed by atoms with Gasteiger partial charge in [-0.15, -0.1) is 0 Å². The molecule has 0 saturated heterocycles. The topological polar surface area (TPSA) is 56.2 Å². The van der Waals surface area contributed by atoms with Gasteiger partial charge in [0.05, 0.1) is 18.2 Å². The van der Waals surface area contributed by atoms with E-state index in [4.69, 9.17) is 0 Å². The number of benzene rings is 1. The Morgan fingerprint density at radius 3 is 2.54 bits per heavy atom. The number of carbonyl (C=O) groups is 1. The number of nitrogens with zero attached hydrogens (tertiary/aromatic N) is 2. The van der Waals surface area contributed by atoms with Crippen LogP contribution in [0.4, 0.5) is 27.6 Å². The van der Waals surface area contributed by atoms with Crippen molar-refractivity contribution in [2.75, 3.05) is 5.32 Å². The number of para-hydroxylation sites is 2. The van der Waals surface area contributed by atoms with Crippen molar-refractivity contribution in [1.82, 2.24) is 9.78 Å². The Hall–Kier alpha value is -2.65. The summed E-state index contributed by atoms with van der Waals surface area (Å²) in [7, 11) is 0. The summed E-state index contributed by atoms with van der Waals surface area (Å²) in [5.41, 5.74) is -0.755. The lowest BCUT2D eigenvalue weighted by atomic mass is 10.1. The van der Waals surface area contributed by atoms with Crippen molar-refractivity contribution in [3.63, 3.8) is 0 Å². The number of hydrogen-bond acceptors (Lipinski definition) is 3. The molecule has 0 aliphatic rings. The van der Waals surface area contributed by atoms with E-state index in [0.29, 0.717) is 0 Å². The number of ether oxygens (including phenoxy) is 1. The molecule has 10 heteroatoms. The Labute approximate surface area is 145 Å². The zero-order valence-corrected chi connectivity index (χ0v) is 13.8. The molecule has 0 bridgehead atoms. The van der Waals surface area contributed by atoms with E-state index >= 15 is 0 Å². The molecule has 26 heavy (non-hydrogen) atoms. The number of carbonyl (C=O) groups excluding carboxylic acids is 1. The first kappa shape index (κ1) is 19.7. The minimum atomic E-state index is -4.58. The van der Waals surface area contributed by atoms with Gasteiger partial charge in [-0.25, -0.2) is 0 Å². The Morgan fingerprint density at radius 2 is 1.96 bits per heavy atom. The number of hydrogen-bond donors (Lipinski definition) is 1. The second-order valence-electron chi connectivity index (χ2n) is 5.62. The van der Waals surface area contributed by atoms with Gasteiger partial charge >= 0.3 is 12.8 Å². The fraction of sp³-hybridized carbons (Fsp3) is 0.375. The molecule has 1 atom stereocenters. The fourth-order valence-corrected chi connectivity index (χ4v) is 2.20. The van der Waals surface area contributed by atoms with Gasteiger partial charge in [0, 0.05) is 5.69 Å². The highest BCUT2D eigenvalue weighted by Gasteiger charge is 2.34. The minimum absolute atomic E-state index is 0.0396. The highest BCUT2D eigenvalue weighted by Crippen LogP contribution is 2.29. The summed E-state index contributed by atoms with van der Waals surface area (Å²) in [5, 5.41) is 5.89. The molecule has 0 aliphatic heterocycles. The maximum Gasteiger partial charge on any atom is 0.435 e. The second kappa shape index (κ2) is 7.71. The van der Waals surface area contributed by atoms with Gasteiger partial charge in [0.2, 0.25) is 5.91 Å². The van der Waals surface area contributed by atoms with Gasteiger partial charge in [-0.1, -0.05) is 19.1 Å². The number of nitrogens with one attached hydrogen (secondary N) is 1. The first-order valence-corrected chi connectivity index (χ1v) is 7.54. The van der Waals surface area contributed by atoms with Crippen LogP contribution in [0, 0.1) is 12.8 Å². The minimum Gasteiger partial charge on any atom is -0.433 e. The van der Waals surface area contributed by atoms with Crippen LogP contribution in [-0.4, -0.2) is 22.3 Å². The van der Waals surface area contributed by atoms with E-state index < -0.39 is 30.3 Å². The average molecular weight is 377 g/mol. The predicted octanol–water partition coefficient (Wildman–Crippen LogP) is 4.09. The van der Waals surface area contributed by atoms with Crippen LogP contribution in [0.2, 0.25) is 0 Å². The molecule has 0 saturated carbocycles. The van der Waals surface area contributed by atoms with E-state index in [1.165, 1.54) is 38.1 Å². The lowest BCUT2D eigenvalue weighted by Crippen LogP contribution is -2.25. The molecule has 0 spiro atoms. The smallest absolute Gasteiger partial charge is 0.433 e. The van der Waals surface area contributed by atoms with Crippen molar-refractivity contribution in [1.29, 1.82) is 0 Å². The molecule has 0 fully saturated rings. The maximum atomic E-state index is 12.7. The van der Waals surface area contributed by atoms with Crippen LogP contribution in [-0.2, 0) is 17.5 Å². The Morgan fingerprint density at radius 1 is 1.31 bits per heavy atom. The van der Waals surface area contributed by atoms with Crippen molar-refractivity contribution in [2.45, 2.75) is 33.2 Å². The molecule has 0 aliphatic carbocycles. The second-order valence-corrected chi connectivity index (χ2v) is 5.62. The quantitative estimate of drug-likeness (QED) is 0.772. The zero-order valence-electron chi connectivity index (χ0n) is 13.8. The van der Waals surface area contributed by atoms with Gasteiger partial charge in [-0.05, 0) is 25.1 Å². The van der Waals surface area contributed by atoms with Gasteiger partial charge in [-0.2, -0.15) is 27.1 Å². The van der Waals surface area contributed by atoms with Crippen LogP contribution in [0.5, 0.6) is 5.75 Å². The van der Waals surface area contributed by atoms with Crippen LogP contribution >= 0.6 is 0 Å². The molecule has 2 rings (SSSR count).